The van der Waals surface area contributed by atoms with Gasteiger partial charge < -0.3 is 0 Å². The zero-order valence-electron chi connectivity index (χ0n) is 18.6. The third kappa shape index (κ3) is 7.72. The van der Waals surface area contributed by atoms with Crippen LogP contribution in [0.25, 0.3) is 0 Å². The summed E-state index contributed by atoms with van der Waals surface area (Å²) in [5, 5.41) is 0. The highest BCUT2D eigenvalue weighted by Gasteiger charge is 2.09. The molecule has 0 N–H and O–H groups in total. The van der Waals surface area contributed by atoms with Crippen molar-refractivity contribution in [3.8, 4) is 0 Å². The minimum Gasteiger partial charge on any atom is -0.299 e. The van der Waals surface area contributed by atoms with Crippen LogP contribution < -0.4 is 0 Å². The molecule has 0 aliphatic rings. The lowest BCUT2D eigenvalue weighted by Gasteiger charge is -2.23. The van der Waals surface area contributed by atoms with Gasteiger partial charge in [0.05, 0.1) is 0 Å². The first-order valence-corrected chi connectivity index (χ1v) is 11.3. The number of hydrogen-bond acceptors (Lipinski definition) is 3. The average Bonchev–Trinajstić information content (AvgIpc) is 2.76. The summed E-state index contributed by atoms with van der Waals surface area (Å²) in [6, 6.07) is 21.4. The Morgan fingerprint density at radius 3 is 2.30 bits per heavy atom. The van der Waals surface area contributed by atoms with Crippen molar-refractivity contribution >= 4 is 0 Å². The van der Waals surface area contributed by atoms with Crippen molar-refractivity contribution in [3.63, 3.8) is 0 Å². The van der Waals surface area contributed by atoms with E-state index in [9.17, 15) is 0 Å². The molecule has 2 aromatic heterocycles. The second-order valence-electron chi connectivity index (χ2n) is 8.19. The van der Waals surface area contributed by atoms with Crippen molar-refractivity contribution in [2.24, 2.45) is 0 Å². The van der Waals surface area contributed by atoms with Gasteiger partial charge in [0.25, 0.3) is 0 Å². The molecule has 1 aromatic carbocycles. The molecule has 0 spiro atoms. The zero-order chi connectivity index (χ0) is 21.0. The van der Waals surface area contributed by atoms with E-state index in [0.717, 1.165) is 43.9 Å². The molecule has 3 nitrogen and oxygen atoms in total. The number of benzene rings is 1. The summed E-state index contributed by atoms with van der Waals surface area (Å²) in [6.45, 7) is 7.43. The lowest BCUT2D eigenvalue weighted by molar-refractivity contribution is 0.255. The average molecular weight is 402 g/mol. The van der Waals surface area contributed by atoms with Crippen LogP contribution in [0, 0.1) is 13.8 Å². The largest absolute Gasteiger partial charge is 0.299 e. The first kappa shape index (κ1) is 22.2. The van der Waals surface area contributed by atoms with Gasteiger partial charge >= 0.3 is 0 Å². The van der Waals surface area contributed by atoms with Crippen LogP contribution >= 0.6 is 0 Å². The predicted octanol–water partition coefficient (Wildman–Crippen LogP) is 5.94. The quantitative estimate of drug-likeness (QED) is 0.352. The molecule has 0 atom stereocenters. The number of aromatic nitrogens is 2. The molecule has 0 saturated heterocycles. The minimum atomic E-state index is 0.986. The molecule has 30 heavy (non-hydrogen) atoms. The molecular formula is C27H35N3. The Kier molecular flexibility index (Phi) is 9.04. The summed E-state index contributed by atoms with van der Waals surface area (Å²) < 4.78 is 0. The van der Waals surface area contributed by atoms with E-state index >= 15 is 0 Å². The van der Waals surface area contributed by atoms with E-state index < -0.39 is 0 Å². The van der Waals surface area contributed by atoms with Crippen molar-refractivity contribution in [2.45, 2.75) is 58.9 Å². The van der Waals surface area contributed by atoms with Crippen molar-refractivity contribution in [2.75, 3.05) is 13.1 Å². The summed E-state index contributed by atoms with van der Waals surface area (Å²) in [7, 11) is 0. The highest BCUT2D eigenvalue weighted by atomic mass is 15.1. The summed E-state index contributed by atoms with van der Waals surface area (Å²) in [5.74, 6) is 0. The zero-order valence-corrected chi connectivity index (χ0v) is 18.6. The molecule has 0 radical (unpaired) electrons. The highest BCUT2D eigenvalue weighted by Crippen LogP contribution is 2.13. The number of aryl methyl sites for hydroxylation is 4. The Labute approximate surface area is 182 Å². The molecule has 0 aliphatic carbocycles. The van der Waals surface area contributed by atoms with Crippen molar-refractivity contribution in [3.05, 3.63) is 95.1 Å². The molecule has 0 saturated carbocycles. The minimum absolute atomic E-state index is 0.986. The monoisotopic (exact) mass is 401 g/mol. The van der Waals surface area contributed by atoms with Crippen LogP contribution in [0.1, 0.15) is 53.9 Å². The second kappa shape index (κ2) is 12.2. The molecule has 3 heteroatoms. The lowest BCUT2D eigenvalue weighted by Crippen LogP contribution is -2.26. The van der Waals surface area contributed by atoms with Crippen LogP contribution in [0.2, 0.25) is 0 Å². The Morgan fingerprint density at radius 1 is 0.733 bits per heavy atom. The normalized spacial score (nSPS) is 11.2. The third-order valence-electron chi connectivity index (χ3n) is 5.64. The highest BCUT2D eigenvalue weighted by molar-refractivity contribution is 5.21. The van der Waals surface area contributed by atoms with E-state index in [2.05, 4.69) is 83.3 Å². The smallest absolute Gasteiger partial charge is 0.0420 e. The molecule has 158 valence electrons. The van der Waals surface area contributed by atoms with Crippen LogP contribution in [-0.4, -0.2) is 28.0 Å². The standard InChI is InChI=1S/C27H35N3/c1-23-17-18-26(24(2)29-23)22-30(21-11-16-27-15-8-9-19-28-27)20-10-4-7-14-25-12-5-3-6-13-25/h3,5-6,8-9,12-13,15,17-19H,4,7,10-11,14,16,20-22H2,1-2H3. The molecule has 0 unspecified atom stereocenters. The first-order valence-electron chi connectivity index (χ1n) is 11.3. The molecule has 0 fully saturated rings. The second-order valence-corrected chi connectivity index (χ2v) is 8.19. The van der Waals surface area contributed by atoms with Gasteiger partial charge in [-0.25, -0.2) is 0 Å². The van der Waals surface area contributed by atoms with Gasteiger partial charge in [0.15, 0.2) is 0 Å². The maximum atomic E-state index is 4.66. The molecule has 3 rings (SSSR count). The van der Waals surface area contributed by atoms with Gasteiger partial charge in [0, 0.05) is 29.8 Å². The van der Waals surface area contributed by atoms with Crippen LogP contribution in [-0.2, 0) is 19.4 Å². The van der Waals surface area contributed by atoms with E-state index in [1.54, 1.807) is 0 Å². The molecule has 2 heterocycles. The van der Waals surface area contributed by atoms with Crippen molar-refractivity contribution in [1.82, 2.24) is 14.9 Å². The lowest BCUT2D eigenvalue weighted by atomic mass is 10.1. The number of rotatable bonds is 12. The Morgan fingerprint density at radius 2 is 1.53 bits per heavy atom. The summed E-state index contributed by atoms with van der Waals surface area (Å²) in [5.41, 5.74) is 6.25. The van der Waals surface area contributed by atoms with Crippen LogP contribution in [0.15, 0.2) is 66.9 Å². The van der Waals surface area contributed by atoms with E-state index in [4.69, 9.17) is 0 Å². The van der Waals surface area contributed by atoms with Crippen LogP contribution in [0.3, 0.4) is 0 Å². The van der Waals surface area contributed by atoms with Gasteiger partial charge in [-0.05, 0) is 88.4 Å². The van der Waals surface area contributed by atoms with E-state index in [-0.39, 0.29) is 0 Å². The predicted molar refractivity (Wildman–Crippen MR) is 126 cm³/mol. The van der Waals surface area contributed by atoms with E-state index in [1.807, 2.05) is 12.3 Å². The van der Waals surface area contributed by atoms with Gasteiger partial charge in [-0.1, -0.05) is 48.9 Å². The van der Waals surface area contributed by atoms with Gasteiger partial charge in [-0.2, -0.15) is 0 Å². The molecule has 0 amide bonds. The molecular weight excluding hydrogens is 366 g/mol. The Balaban J connectivity index is 1.48. The Bertz CT molecular complexity index is 862. The van der Waals surface area contributed by atoms with Crippen LogP contribution in [0.5, 0.6) is 0 Å². The fourth-order valence-corrected chi connectivity index (χ4v) is 3.91. The van der Waals surface area contributed by atoms with Gasteiger partial charge in [-0.3, -0.25) is 14.9 Å². The first-order chi connectivity index (χ1) is 14.7. The summed E-state index contributed by atoms with van der Waals surface area (Å²) >= 11 is 0. The van der Waals surface area contributed by atoms with Crippen molar-refractivity contribution < 1.29 is 0 Å². The maximum Gasteiger partial charge on any atom is 0.0420 e. The van der Waals surface area contributed by atoms with Gasteiger partial charge in [0.2, 0.25) is 0 Å². The number of hydrogen-bond donors (Lipinski definition) is 0. The molecule has 0 aliphatic heterocycles. The molecule has 0 bridgehead atoms. The van der Waals surface area contributed by atoms with E-state index in [0.29, 0.717) is 0 Å². The number of pyridine rings is 2. The summed E-state index contributed by atoms with van der Waals surface area (Å²) in [6.07, 6.45) is 9.03. The van der Waals surface area contributed by atoms with E-state index in [1.165, 1.54) is 42.5 Å². The fourth-order valence-electron chi connectivity index (χ4n) is 3.91. The summed E-state index contributed by atoms with van der Waals surface area (Å²) in [4.78, 5) is 11.7. The number of unbranched alkanes of at least 4 members (excludes halogenated alkanes) is 2. The van der Waals surface area contributed by atoms with Crippen LogP contribution in [0.4, 0.5) is 0 Å². The topological polar surface area (TPSA) is 29.0 Å². The number of nitrogens with zero attached hydrogens (tertiary/aromatic N) is 3. The van der Waals surface area contributed by atoms with Crippen molar-refractivity contribution in [1.29, 1.82) is 0 Å². The SMILES string of the molecule is Cc1ccc(CN(CCCCCc2ccccc2)CCCc2ccccn2)c(C)n1. The Hall–Kier alpha value is -2.52. The third-order valence-corrected chi connectivity index (χ3v) is 5.64. The van der Waals surface area contributed by atoms with Gasteiger partial charge in [0.1, 0.15) is 0 Å². The fraction of sp³-hybridized carbons (Fsp3) is 0.407. The maximum absolute atomic E-state index is 4.66. The van der Waals surface area contributed by atoms with Gasteiger partial charge in [-0.15, -0.1) is 0 Å². The molecule has 3 aromatic rings.